The maximum atomic E-state index is 13.1. The van der Waals surface area contributed by atoms with Gasteiger partial charge in [0.1, 0.15) is 0 Å². The third kappa shape index (κ3) is 3.97. The van der Waals surface area contributed by atoms with Gasteiger partial charge >= 0.3 is 0 Å². The van der Waals surface area contributed by atoms with E-state index in [1.807, 2.05) is 40.7 Å². The van der Waals surface area contributed by atoms with Crippen LogP contribution in [0.3, 0.4) is 0 Å². The Balaban J connectivity index is 1.43. The van der Waals surface area contributed by atoms with Gasteiger partial charge in [-0.05, 0) is 42.3 Å². The molecule has 3 heterocycles. The summed E-state index contributed by atoms with van der Waals surface area (Å²) in [6.07, 6.45) is 10.00. The van der Waals surface area contributed by atoms with E-state index < -0.39 is 0 Å². The van der Waals surface area contributed by atoms with Crippen molar-refractivity contribution in [1.29, 1.82) is 0 Å². The van der Waals surface area contributed by atoms with Crippen LogP contribution in [0.4, 0.5) is 0 Å². The van der Waals surface area contributed by atoms with Gasteiger partial charge in [0.05, 0.1) is 10.8 Å². The van der Waals surface area contributed by atoms with Gasteiger partial charge in [0.2, 0.25) is 5.91 Å². The summed E-state index contributed by atoms with van der Waals surface area (Å²) in [5, 5.41) is 5.07. The second kappa shape index (κ2) is 8.43. The lowest BCUT2D eigenvalue weighted by atomic mass is 9.67. The summed E-state index contributed by atoms with van der Waals surface area (Å²) in [4.78, 5) is 32.8. The van der Waals surface area contributed by atoms with Gasteiger partial charge < -0.3 is 10.2 Å². The van der Waals surface area contributed by atoms with Gasteiger partial charge in [0, 0.05) is 37.4 Å². The number of carbonyl (C=O) groups excluding carboxylic acids is 2. The zero-order valence-corrected chi connectivity index (χ0v) is 16.9. The van der Waals surface area contributed by atoms with E-state index in [1.54, 1.807) is 6.20 Å². The maximum Gasteiger partial charge on any atom is 0.263 e. The van der Waals surface area contributed by atoms with E-state index in [0.717, 1.165) is 42.5 Å². The molecular weight excluding hydrogens is 370 g/mol. The van der Waals surface area contributed by atoms with Crippen LogP contribution in [0.25, 0.3) is 0 Å². The fourth-order valence-corrected chi connectivity index (χ4v) is 5.49. The van der Waals surface area contributed by atoms with Crippen LogP contribution in [0.15, 0.2) is 42.0 Å². The zero-order chi connectivity index (χ0) is 19.4. The summed E-state index contributed by atoms with van der Waals surface area (Å²) in [5.74, 6) is 0.0727. The second-order valence-electron chi connectivity index (χ2n) is 8.04. The summed E-state index contributed by atoms with van der Waals surface area (Å²) in [6.45, 7) is 1.86. The van der Waals surface area contributed by atoms with Crippen LogP contribution in [0.1, 0.15) is 47.3 Å². The minimum absolute atomic E-state index is 0.0520. The first-order valence-corrected chi connectivity index (χ1v) is 11.1. The number of hydrogen-bond acceptors (Lipinski definition) is 4. The molecule has 4 rings (SSSR count). The smallest absolute Gasteiger partial charge is 0.263 e. The number of likely N-dealkylation sites (tertiary alicyclic amines) is 1. The van der Waals surface area contributed by atoms with Gasteiger partial charge in [-0.25, -0.2) is 0 Å². The first-order chi connectivity index (χ1) is 13.7. The molecule has 0 unspecified atom stereocenters. The van der Waals surface area contributed by atoms with Gasteiger partial charge in [0.25, 0.3) is 5.91 Å². The van der Waals surface area contributed by atoms with Gasteiger partial charge in [-0.3, -0.25) is 14.6 Å². The molecule has 148 valence electrons. The average Bonchev–Trinajstić information content (AvgIpc) is 3.38. The summed E-state index contributed by atoms with van der Waals surface area (Å²) in [7, 11) is 0. The third-order valence-electron chi connectivity index (χ3n) is 6.27. The van der Waals surface area contributed by atoms with Gasteiger partial charge in [-0.15, -0.1) is 11.3 Å². The van der Waals surface area contributed by atoms with E-state index in [1.165, 1.54) is 17.8 Å². The molecule has 2 aromatic rings. The number of rotatable bonds is 5. The lowest BCUT2D eigenvalue weighted by Crippen LogP contribution is -2.43. The fourth-order valence-electron chi connectivity index (χ4n) is 4.80. The van der Waals surface area contributed by atoms with E-state index in [0.29, 0.717) is 19.6 Å². The van der Waals surface area contributed by atoms with Crippen molar-refractivity contribution in [3.8, 4) is 0 Å². The Morgan fingerprint density at radius 3 is 2.79 bits per heavy atom. The van der Waals surface area contributed by atoms with E-state index in [2.05, 4.69) is 10.3 Å². The van der Waals surface area contributed by atoms with Crippen molar-refractivity contribution in [1.82, 2.24) is 15.2 Å². The fraction of sp³-hybridized carbons (Fsp3) is 0.500. The number of pyridine rings is 1. The Hall–Kier alpha value is -2.21. The maximum absolute atomic E-state index is 13.1. The Kier molecular flexibility index (Phi) is 5.76. The highest BCUT2D eigenvalue weighted by molar-refractivity contribution is 7.12. The largest absolute Gasteiger partial charge is 0.355 e. The van der Waals surface area contributed by atoms with Crippen molar-refractivity contribution in [2.45, 2.75) is 38.5 Å². The summed E-state index contributed by atoms with van der Waals surface area (Å²) < 4.78 is 0. The van der Waals surface area contributed by atoms with Gasteiger partial charge in [-0.1, -0.05) is 31.4 Å². The molecule has 1 saturated carbocycles. The molecule has 1 spiro atoms. The molecule has 2 aliphatic rings. The minimum atomic E-state index is -0.106. The van der Waals surface area contributed by atoms with Crippen LogP contribution in [0, 0.1) is 11.3 Å². The molecule has 6 heteroatoms. The molecule has 1 aliphatic heterocycles. The van der Waals surface area contributed by atoms with Crippen LogP contribution in [-0.2, 0) is 11.2 Å². The Morgan fingerprint density at radius 1 is 1.21 bits per heavy atom. The summed E-state index contributed by atoms with van der Waals surface area (Å²) in [6, 6.07) is 7.73. The number of thiophene rings is 1. The lowest BCUT2D eigenvalue weighted by Gasteiger charge is -2.37. The molecule has 1 aliphatic carbocycles. The quantitative estimate of drug-likeness (QED) is 0.840. The average molecular weight is 398 g/mol. The molecule has 28 heavy (non-hydrogen) atoms. The molecular formula is C22H27N3O2S. The first-order valence-electron chi connectivity index (χ1n) is 10.2. The van der Waals surface area contributed by atoms with E-state index in [4.69, 9.17) is 0 Å². The topological polar surface area (TPSA) is 62.3 Å². The van der Waals surface area contributed by atoms with Crippen LogP contribution >= 0.6 is 11.3 Å². The molecule has 2 fully saturated rings. The van der Waals surface area contributed by atoms with Crippen LogP contribution in [0.2, 0.25) is 0 Å². The minimum Gasteiger partial charge on any atom is -0.355 e. The zero-order valence-electron chi connectivity index (χ0n) is 16.1. The molecule has 0 radical (unpaired) electrons. The van der Waals surface area contributed by atoms with Gasteiger partial charge in [0.15, 0.2) is 0 Å². The number of nitrogens with zero attached hydrogens (tertiary/aromatic N) is 2. The highest BCUT2D eigenvalue weighted by Crippen LogP contribution is 2.48. The van der Waals surface area contributed by atoms with Crippen LogP contribution < -0.4 is 5.32 Å². The second-order valence-corrected chi connectivity index (χ2v) is 8.99. The predicted molar refractivity (Wildman–Crippen MR) is 110 cm³/mol. The number of nitrogens with one attached hydrogen (secondary N) is 1. The SMILES string of the molecule is O=C(NCCc1cccnc1)[C@H]1CN(C(=O)c2cccs2)CC12CCCCC2. The monoisotopic (exact) mass is 397 g/mol. The molecule has 0 aromatic carbocycles. The van der Waals surface area contributed by atoms with Crippen molar-refractivity contribution >= 4 is 23.2 Å². The number of amides is 2. The number of aromatic nitrogens is 1. The van der Waals surface area contributed by atoms with Crippen molar-refractivity contribution in [2.75, 3.05) is 19.6 Å². The van der Waals surface area contributed by atoms with Crippen molar-refractivity contribution in [3.05, 3.63) is 52.5 Å². The molecule has 1 N–H and O–H groups in total. The predicted octanol–water partition coefficient (Wildman–Crippen LogP) is 3.52. The molecule has 5 nitrogen and oxygen atoms in total. The molecule has 2 aromatic heterocycles. The Morgan fingerprint density at radius 2 is 2.07 bits per heavy atom. The van der Waals surface area contributed by atoms with Crippen LogP contribution in [-0.4, -0.2) is 41.3 Å². The molecule has 1 atom stereocenters. The number of carbonyl (C=O) groups is 2. The van der Waals surface area contributed by atoms with Crippen LogP contribution in [0.5, 0.6) is 0 Å². The Bertz CT molecular complexity index is 800. The first kappa shape index (κ1) is 19.1. The van der Waals surface area contributed by atoms with Crippen molar-refractivity contribution < 1.29 is 9.59 Å². The summed E-state index contributed by atoms with van der Waals surface area (Å²) in [5.41, 5.74) is 1.07. The molecule has 1 saturated heterocycles. The highest BCUT2D eigenvalue weighted by atomic mass is 32.1. The third-order valence-corrected chi connectivity index (χ3v) is 7.13. The normalized spacial score (nSPS) is 21.0. The molecule has 0 bridgehead atoms. The van der Waals surface area contributed by atoms with E-state index in [9.17, 15) is 9.59 Å². The van der Waals surface area contributed by atoms with Crippen molar-refractivity contribution in [2.24, 2.45) is 11.3 Å². The number of hydrogen-bond donors (Lipinski definition) is 1. The van der Waals surface area contributed by atoms with Crippen molar-refractivity contribution in [3.63, 3.8) is 0 Å². The van der Waals surface area contributed by atoms with E-state index in [-0.39, 0.29) is 23.1 Å². The van der Waals surface area contributed by atoms with Gasteiger partial charge in [-0.2, -0.15) is 0 Å². The van der Waals surface area contributed by atoms with E-state index >= 15 is 0 Å². The Labute approximate surface area is 170 Å². The highest BCUT2D eigenvalue weighted by Gasteiger charge is 2.51. The standard InChI is InChI=1S/C22H27N3O2S/c26-20(24-12-8-17-6-4-11-23-14-17)18-15-25(21(27)19-7-5-13-28-19)16-22(18)9-2-1-3-10-22/h4-7,11,13-14,18H,1-3,8-10,12,15-16H2,(H,24,26)/t18-/m1/s1. The molecule has 2 amide bonds. The summed E-state index contributed by atoms with van der Waals surface area (Å²) >= 11 is 1.48. The lowest BCUT2D eigenvalue weighted by molar-refractivity contribution is -0.128.